The Morgan fingerprint density at radius 3 is 2.39 bits per heavy atom. The number of phenolic OH excluding ortho intramolecular Hbond substituents is 1. The summed E-state index contributed by atoms with van der Waals surface area (Å²) in [5.41, 5.74) is 0.441. The Hall–Kier alpha value is -1.52. The highest BCUT2D eigenvalue weighted by Gasteiger charge is 2.13. The zero-order valence-corrected chi connectivity index (χ0v) is 10.6. The molecule has 1 atom stereocenters. The number of halogens is 1. The fourth-order valence-corrected chi connectivity index (χ4v) is 2.51. The molecule has 2 nitrogen and oxygen atoms in total. The van der Waals surface area contributed by atoms with Crippen LogP contribution in [0.3, 0.4) is 0 Å². The molecule has 2 rings (SSSR count). The molecular formula is C14H13FO2S. The number of hydrogen-bond donors (Lipinski definition) is 2. The van der Waals surface area contributed by atoms with Crippen molar-refractivity contribution in [1.29, 1.82) is 0 Å². The zero-order chi connectivity index (χ0) is 13.1. The van der Waals surface area contributed by atoms with Gasteiger partial charge in [0.05, 0.1) is 11.0 Å². The summed E-state index contributed by atoms with van der Waals surface area (Å²) in [6, 6.07) is 11.4. The Morgan fingerprint density at radius 2 is 1.72 bits per heavy atom. The van der Waals surface area contributed by atoms with Gasteiger partial charge in [0.15, 0.2) is 0 Å². The van der Waals surface area contributed by atoms with Crippen molar-refractivity contribution in [1.82, 2.24) is 0 Å². The first-order chi connectivity index (χ1) is 8.59. The smallest absolute Gasteiger partial charge is 0.137 e. The molecule has 0 bridgehead atoms. The summed E-state index contributed by atoms with van der Waals surface area (Å²) < 4.78 is 13.5. The summed E-state index contributed by atoms with van der Waals surface area (Å²) in [5.74, 6) is -0.329. The van der Waals surface area contributed by atoms with Gasteiger partial charge in [0, 0.05) is 10.5 Å². The van der Waals surface area contributed by atoms with Gasteiger partial charge in [0.1, 0.15) is 11.6 Å². The third kappa shape index (κ3) is 2.66. The second kappa shape index (κ2) is 5.42. The molecule has 0 radical (unpaired) electrons. The monoisotopic (exact) mass is 264 g/mol. The number of rotatable bonds is 3. The first kappa shape index (κ1) is 12.9. The lowest BCUT2D eigenvalue weighted by Gasteiger charge is -2.11. The summed E-state index contributed by atoms with van der Waals surface area (Å²) in [5, 5.41) is 19.5. The van der Waals surface area contributed by atoms with Crippen LogP contribution < -0.4 is 0 Å². The first-order valence-electron chi connectivity index (χ1n) is 5.52. The largest absolute Gasteiger partial charge is 0.506 e. The molecule has 0 saturated heterocycles. The van der Waals surface area contributed by atoms with Crippen LogP contribution in [0.15, 0.2) is 52.3 Å². The maximum atomic E-state index is 13.5. The Morgan fingerprint density at radius 1 is 1.06 bits per heavy atom. The van der Waals surface area contributed by atoms with E-state index in [0.29, 0.717) is 15.4 Å². The molecule has 18 heavy (non-hydrogen) atoms. The van der Waals surface area contributed by atoms with Crippen LogP contribution in [0.5, 0.6) is 5.75 Å². The summed E-state index contributed by atoms with van der Waals surface area (Å²) in [4.78, 5) is 0.967. The van der Waals surface area contributed by atoms with Gasteiger partial charge in [-0.15, -0.1) is 0 Å². The van der Waals surface area contributed by atoms with Crippen LogP contribution in [0.4, 0.5) is 4.39 Å². The molecular weight excluding hydrogens is 251 g/mol. The molecule has 0 aliphatic carbocycles. The van der Waals surface area contributed by atoms with Crippen molar-refractivity contribution in [2.24, 2.45) is 0 Å². The minimum atomic E-state index is -0.758. The van der Waals surface area contributed by atoms with Crippen LogP contribution in [0.2, 0.25) is 0 Å². The molecule has 2 aromatic carbocycles. The van der Waals surface area contributed by atoms with E-state index in [4.69, 9.17) is 0 Å². The van der Waals surface area contributed by atoms with Crippen LogP contribution in [0.1, 0.15) is 18.6 Å². The van der Waals surface area contributed by atoms with Crippen molar-refractivity contribution in [3.05, 3.63) is 53.8 Å². The van der Waals surface area contributed by atoms with Gasteiger partial charge in [-0.25, -0.2) is 4.39 Å². The lowest BCUT2D eigenvalue weighted by molar-refractivity contribution is 0.194. The highest BCUT2D eigenvalue weighted by Crippen LogP contribution is 2.39. The van der Waals surface area contributed by atoms with Gasteiger partial charge in [-0.3, -0.25) is 0 Å². The van der Waals surface area contributed by atoms with Crippen LogP contribution in [-0.4, -0.2) is 10.2 Å². The van der Waals surface area contributed by atoms with Gasteiger partial charge >= 0.3 is 0 Å². The first-order valence-corrected chi connectivity index (χ1v) is 6.33. The third-order valence-electron chi connectivity index (χ3n) is 2.54. The molecule has 2 aromatic rings. The number of aliphatic hydroxyl groups excluding tert-OH is 1. The Bertz CT molecular complexity index is 555. The van der Waals surface area contributed by atoms with E-state index in [1.807, 2.05) is 0 Å². The summed E-state index contributed by atoms with van der Waals surface area (Å²) >= 11 is 1.14. The van der Waals surface area contributed by atoms with E-state index >= 15 is 0 Å². The summed E-state index contributed by atoms with van der Waals surface area (Å²) in [6.07, 6.45) is -0.758. The molecule has 94 valence electrons. The van der Waals surface area contributed by atoms with Crippen molar-refractivity contribution in [3.8, 4) is 5.75 Å². The number of benzene rings is 2. The zero-order valence-electron chi connectivity index (χ0n) is 9.80. The van der Waals surface area contributed by atoms with Gasteiger partial charge in [-0.2, -0.15) is 0 Å². The topological polar surface area (TPSA) is 40.5 Å². The SMILES string of the molecule is CC(O)c1cccc(Sc2ccccc2F)c1O. The van der Waals surface area contributed by atoms with Crippen LogP contribution in [0.25, 0.3) is 0 Å². The lowest BCUT2D eigenvalue weighted by Crippen LogP contribution is -1.92. The molecule has 0 fully saturated rings. The van der Waals surface area contributed by atoms with Crippen LogP contribution in [-0.2, 0) is 0 Å². The molecule has 2 N–H and O–H groups in total. The van der Waals surface area contributed by atoms with Crippen molar-refractivity contribution < 1.29 is 14.6 Å². The highest BCUT2D eigenvalue weighted by atomic mass is 32.2. The number of hydrogen-bond acceptors (Lipinski definition) is 3. The van der Waals surface area contributed by atoms with E-state index < -0.39 is 6.10 Å². The van der Waals surface area contributed by atoms with Gasteiger partial charge < -0.3 is 10.2 Å². The van der Waals surface area contributed by atoms with E-state index in [-0.39, 0.29) is 11.6 Å². The quantitative estimate of drug-likeness (QED) is 0.887. The Balaban J connectivity index is 2.36. The fourth-order valence-electron chi connectivity index (χ4n) is 1.60. The van der Waals surface area contributed by atoms with Gasteiger partial charge in [0.2, 0.25) is 0 Å². The van der Waals surface area contributed by atoms with E-state index in [1.54, 1.807) is 43.3 Å². The molecule has 0 aliphatic rings. The molecule has 0 aliphatic heterocycles. The van der Waals surface area contributed by atoms with E-state index in [9.17, 15) is 14.6 Å². The number of para-hydroxylation sites is 1. The summed E-state index contributed by atoms with van der Waals surface area (Å²) in [7, 11) is 0. The van der Waals surface area contributed by atoms with E-state index in [0.717, 1.165) is 11.8 Å². The van der Waals surface area contributed by atoms with Crippen molar-refractivity contribution in [2.75, 3.05) is 0 Å². The van der Waals surface area contributed by atoms with Crippen molar-refractivity contribution in [2.45, 2.75) is 22.8 Å². The van der Waals surface area contributed by atoms with Crippen LogP contribution in [0, 0.1) is 5.82 Å². The van der Waals surface area contributed by atoms with Crippen LogP contribution >= 0.6 is 11.8 Å². The lowest BCUT2D eigenvalue weighted by atomic mass is 10.1. The second-order valence-electron chi connectivity index (χ2n) is 3.90. The predicted octanol–water partition coefficient (Wildman–Crippen LogP) is 3.74. The molecule has 0 heterocycles. The standard InChI is InChI=1S/C14H13FO2S/c1-9(16)10-5-4-8-13(14(10)17)18-12-7-3-2-6-11(12)15/h2-9,16-17H,1H3. The minimum Gasteiger partial charge on any atom is -0.506 e. The van der Waals surface area contributed by atoms with Crippen molar-refractivity contribution in [3.63, 3.8) is 0 Å². The van der Waals surface area contributed by atoms with E-state index in [2.05, 4.69) is 0 Å². The molecule has 0 spiro atoms. The Labute approximate surface area is 109 Å². The number of aromatic hydroxyl groups is 1. The normalized spacial score (nSPS) is 12.4. The van der Waals surface area contributed by atoms with Crippen molar-refractivity contribution >= 4 is 11.8 Å². The molecule has 1 unspecified atom stereocenters. The molecule has 4 heteroatoms. The average molecular weight is 264 g/mol. The predicted molar refractivity (Wildman–Crippen MR) is 69.3 cm³/mol. The molecule has 0 aromatic heterocycles. The maximum Gasteiger partial charge on any atom is 0.137 e. The maximum absolute atomic E-state index is 13.5. The number of phenols is 1. The van der Waals surface area contributed by atoms with Gasteiger partial charge in [-0.05, 0) is 25.1 Å². The second-order valence-corrected chi connectivity index (χ2v) is 4.99. The molecule has 0 amide bonds. The summed E-state index contributed by atoms with van der Waals surface area (Å²) in [6.45, 7) is 1.58. The molecule has 0 saturated carbocycles. The Kier molecular flexibility index (Phi) is 3.89. The van der Waals surface area contributed by atoms with Gasteiger partial charge in [0.25, 0.3) is 0 Å². The average Bonchev–Trinajstić information content (AvgIpc) is 2.34. The van der Waals surface area contributed by atoms with E-state index in [1.165, 1.54) is 6.07 Å². The highest BCUT2D eigenvalue weighted by molar-refractivity contribution is 7.99. The number of aliphatic hydroxyl groups is 1. The fraction of sp³-hybridized carbons (Fsp3) is 0.143. The van der Waals surface area contributed by atoms with Gasteiger partial charge in [-0.1, -0.05) is 36.0 Å². The third-order valence-corrected chi connectivity index (χ3v) is 3.64. The minimum absolute atomic E-state index is 0.000697.